The van der Waals surface area contributed by atoms with Crippen LogP contribution in [0.15, 0.2) is 48.7 Å². The predicted molar refractivity (Wildman–Crippen MR) is 105 cm³/mol. The van der Waals surface area contributed by atoms with Crippen molar-refractivity contribution < 1.29 is 14.3 Å². The number of anilines is 1. The van der Waals surface area contributed by atoms with Crippen LogP contribution in [0.4, 0.5) is 5.82 Å². The monoisotopic (exact) mass is 373 g/mol. The molecule has 1 unspecified atom stereocenters. The average Bonchev–Trinajstić information content (AvgIpc) is 2.69. The Bertz CT molecular complexity index is 695. The van der Waals surface area contributed by atoms with Gasteiger partial charge < -0.3 is 15.0 Å². The molecule has 138 valence electrons. The van der Waals surface area contributed by atoms with E-state index in [-0.39, 0.29) is 5.91 Å². The summed E-state index contributed by atoms with van der Waals surface area (Å²) >= 11 is 0.988. The summed E-state index contributed by atoms with van der Waals surface area (Å²) in [6.07, 6.45) is 2.26. The summed E-state index contributed by atoms with van der Waals surface area (Å²) in [4.78, 5) is 28.8. The van der Waals surface area contributed by atoms with Crippen molar-refractivity contribution in [1.82, 2.24) is 10.3 Å². The fraction of sp³-hybridized carbons (Fsp3) is 0.316. The quantitative estimate of drug-likeness (QED) is 0.644. The smallest absolute Gasteiger partial charge is 0.233 e. The zero-order valence-corrected chi connectivity index (χ0v) is 15.7. The lowest BCUT2D eigenvalue weighted by molar-refractivity contribution is -0.120. The van der Waals surface area contributed by atoms with E-state index in [1.807, 2.05) is 54.4 Å². The van der Waals surface area contributed by atoms with E-state index in [1.54, 1.807) is 13.2 Å². The number of pyridine rings is 1. The van der Waals surface area contributed by atoms with Crippen LogP contribution in [0.1, 0.15) is 5.56 Å². The molecule has 6 nitrogen and oxygen atoms in total. The number of carbonyl (C=O) groups excluding carboxylic acids is 2. The van der Waals surface area contributed by atoms with Gasteiger partial charge in [0.1, 0.15) is 18.2 Å². The number of ether oxygens (including phenoxy) is 1. The Morgan fingerprint density at radius 2 is 2.08 bits per heavy atom. The number of rotatable bonds is 10. The van der Waals surface area contributed by atoms with Crippen LogP contribution < -0.4 is 15.0 Å². The first-order valence-corrected chi connectivity index (χ1v) is 9.23. The van der Waals surface area contributed by atoms with Gasteiger partial charge in [0.25, 0.3) is 0 Å². The number of hydrogen-bond acceptors (Lipinski definition) is 6. The minimum absolute atomic E-state index is 0.153. The van der Waals surface area contributed by atoms with Crippen LogP contribution in [0, 0.1) is 0 Å². The van der Waals surface area contributed by atoms with E-state index in [0.717, 1.165) is 28.9 Å². The van der Waals surface area contributed by atoms with Crippen LogP contribution in [0.5, 0.6) is 5.75 Å². The molecule has 0 fully saturated rings. The lowest BCUT2D eigenvalue weighted by atomic mass is 10.1. The molecule has 1 N–H and O–H groups in total. The number of amides is 1. The van der Waals surface area contributed by atoms with Gasteiger partial charge in [-0.3, -0.25) is 9.59 Å². The molecule has 26 heavy (non-hydrogen) atoms. The summed E-state index contributed by atoms with van der Waals surface area (Å²) in [6.45, 7) is 1.25. The van der Waals surface area contributed by atoms with Crippen molar-refractivity contribution in [2.45, 2.75) is 11.7 Å². The van der Waals surface area contributed by atoms with Gasteiger partial charge in [0, 0.05) is 20.3 Å². The topological polar surface area (TPSA) is 71.5 Å². The zero-order valence-electron chi connectivity index (χ0n) is 14.9. The molecular formula is C19H23N3O3S. The maximum Gasteiger partial charge on any atom is 0.233 e. The van der Waals surface area contributed by atoms with Gasteiger partial charge in [0.05, 0.1) is 11.8 Å². The van der Waals surface area contributed by atoms with Gasteiger partial charge in [-0.2, -0.15) is 0 Å². The highest BCUT2D eigenvalue weighted by Gasteiger charge is 2.18. The number of carbonyl (C=O) groups is 2. The van der Waals surface area contributed by atoms with Gasteiger partial charge in [-0.1, -0.05) is 30.0 Å². The maximum absolute atomic E-state index is 11.8. The molecule has 0 saturated carbocycles. The second-order valence-electron chi connectivity index (χ2n) is 5.64. The van der Waals surface area contributed by atoms with Crippen molar-refractivity contribution in [3.63, 3.8) is 0 Å². The molecule has 1 amide bonds. The van der Waals surface area contributed by atoms with Crippen LogP contribution in [-0.4, -0.2) is 49.0 Å². The van der Waals surface area contributed by atoms with E-state index >= 15 is 0 Å². The normalized spacial score (nSPS) is 11.5. The number of nitrogens with zero attached hydrogens (tertiary/aromatic N) is 2. The van der Waals surface area contributed by atoms with E-state index in [2.05, 4.69) is 10.3 Å². The highest BCUT2D eigenvalue weighted by molar-refractivity contribution is 8.13. The highest BCUT2D eigenvalue weighted by atomic mass is 32.2. The SMILES string of the molecule is CNC(=O)C(Cc1ccc(OCCN(C)c2ccccn2)cc1)SC=O. The van der Waals surface area contributed by atoms with E-state index in [9.17, 15) is 9.59 Å². The third-order valence-electron chi connectivity index (χ3n) is 3.84. The Morgan fingerprint density at radius 1 is 1.31 bits per heavy atom. The molecule has 0 radical (unpaired) electrons. The molecule has 1 aromatic carbocycles. The molecule has 0 aliphatic rings. The Balaban J connectivity index is 1.83. The van der Waals surface area contributed by atoms with Crippen LogP contribution in [-0.2, 0) is 16.0 Å². The van der Waals surface area contributed by atoms with Crippen LogP contribution >= 0.6 is 11.8 Å². The summed E-state index contributed by atoms with van der Waals surface area (Å²) in [5.74, 6) is 1.52. The van der Waals surface area contributed by atoms with Gasteiger partial charge in [0.15, 0.2) is 5.62 Å². The summed E-state index contributed by atoms with van der Waals surface area (Å²) in [5.41, 5.74) is 1.68. The fourth-order valence-electron chi connectivity index (χ4n) is 2.36. The number of likely N-dealkylation sites (N-methyl/N-ethyl adjacent to an activating group) is 1. The number of nitrogens with one attached hydrogen (secondary N) is 1. The minimum atomic E-state index is -0.420. The standard InChI is InChI=1S/C19H23N3O3S/c1-20-19(24)17(26-14-23)13-15-6-8-16(9-7-15)25-12-11-22(2)18-5-3-4-10-21-18/h3-10,14,17H,11-13H2,1-2H3,(H,20,24). The van der Waals surface area contributed by atoms with Gasteiger partial charge in [0.2, 0.25) is 5.91 Å². The van der Waals surface area contributed by atoms with Crippen molar-refractivity contribution in [2.24, 2.45) is 0 Å². The summed E-state index contributed by atoms with van der Waals surface area (Å²) < 4.78 is 5.76. The van der Waals surface area contributed by atoms with Crippen molar-refractivity contribution in [3.8, 4) is 5.75 Å². The van der Waals surface area contributed by atoms with Crippen LogP contribution in [0.25, 0.3) is 0 Å². The molecule has 0 saturated heterocycles. The molecule has 0 spiro atoms. The zero-order chi connectivity index (χ0) is 18.8. The lowest BCUT2D eigenvalue weighted by Gasteiger charge is -2.18. The minimum Gasteiger partial charge on any atom is -0.492 e. The first-order chi connectivity index (χ1) is 12.6. The van der Waals surface area contributed by atoms with Gasteiger partial charge >= 0.3 is 0 Å². The van der Waals surface area contributed by atoms with Crippen LogP contribution in [0.2, 0.25) is 0 Å². The van der Waals surface area contributed by atoms with Gasteiger partial charge in [-0.15, -0.1) is 0 Å². The van der Waals surface area contributed by atoms with Gasteiger partial charge in [-0.25, -0.2) is 4.98 Å². The van der Waals surface area contributed by atoms with E-state index in [0.29, 0.717) is 25.2 Å². The molecule has 0 aliphatic carbocycles. The molecule has 1 aromatic heterocycles. The summed E-state index contributed by atoms with van der Waals surface area (Å²) in [6, 6.07) is 13.4. The third kappa shape index (κ3) is 6.07. The number of benzene rings is 1. The van der Waals surface area contributed by atoms with E-state index < -0.39 is 5.25 Å². The summed E-state index contributed by atoms with van der Waals surface area (Å²) in [7, 11) is 3.54. The number of hydrogen-bond donors (Lipinski definition) is 1. The van der Waals surface area contributed by atoms with Crippen molar-refractivity contribution in [2.75, 3.05) is 32.1 Å². The molecule has 1 atom stereocenters. The first-order valence-electron chi connectivity index (χ1n) is 8.28. The lowest BCUT2D eigenvalue weighted by Crippen LogP contribution is -2.31. The van der Waals surface area contributed by atoms with Crippen molar-refractivity contribution >= 4 is 29.1 Å². The Labute approximate surface area is 157 Å². The first kappa shape index (κ1) is 19.8. The molecular weight excluding hydrogens is 350 g/mol. The molecule has 2 aromatic rings. The van der Waals surface area contributed by atoms with Crippen molar-refractivity contribution in [3.05, 3.63) is 54.2 Å². The number of thioether (sulfide) groups is 1. The maximum atomic E-state index is 11.8. The second-order valence-corrected chi connectivity index (χ2v) is 6.67. The molecule has 2 rings (SSSR count). The molecule has 0 bridgehead atoms. The Hall–Kier alpha value is -2.54. The third-order valence-corrected chi connectivity index (χ3v) is 4.66. The molecule has 1 heterocycles. The van der Waals surface area contributed by atoms with Gasteiger partial charge in [-0.05, 0) is 36.2 Å². The second kappa shape index (κ2) is 10.5. The fourth-order valence-corrected chi connectivity index (χ4v) is 3.03. The van der Waals surface area contributed by atoms with E-state index in [1.165, 1.54) is 0 Å². The van der Waals surface area contributed by atoms with E-state index in [4.69, 9.17) is 4.74 Å². The van der Waals surface area contributed by atoms with Crippen molar-refractivity contribution in [1.29, 1.82) is 0 Å². The largest absolute Gasteiger partial charge is 0.492 e. The predicted octanol–water partition coefficient (Wildman–Crippen LogP) is 2.18. The molecule has 0 aliphatic heterocycles. The number of aromatic nitrogens is 1. The summed E-state index contributed by atoms with van der Waals surface area (Å²) in [5, 5.41) is 2.16. The highest BCUT2D eigenvalue weighted by Crippen LogP contribution is 2.18. The Morgan fingerprint density at radius 3 is 2.69 bits per heavy atom. The Kier molecular flexibility index (Phi) is 7.95. The average molecular weight is 373 g/mol. The molecule has 7 heteroatoms. The van der Waals surface area contributed by atoms with Crippen LogP contribution in [0.3, 0.4) is 0 Å².